The first kappa shape index (κ1) is 28.1. The molecule has 1 unspecified atom stereocenters. The van der Waals surface area contributed by atoms with E-state index in [4.69, 9.17) is 4.18 Å². The van der Waals surface area contributed by atoms with Crippen LogP contribution in [0.3, 0.4) is 0 Å². The van der Waals surface area contributed by atoms with Crippen LogP contribution < -0.4 is 29.6 Å². The fourth-order valence-corrected chi connectivity index (χ4v) is 4.39. The monoisotopic (exact) mass is 420 g/mol. The Morgan fingerprint density at radius 3 is 2.21 bits per heavy atom. The van der Waals surface area contributed by atoms with Gasteiger partial charge in [-0.2, -0.15) is 8.42 Å². The van der Waals surface area contributed by atoms with Gasteiger partial charge in [-0.1, -0.05) is 97.1 Å². The van der Waals surface area contributed by atoms with E-state index in [9.17, 15) is 8.42 Å². The third kappa shape index (κ3) is 12.6. The molecule has 0 spiro atoms. The summed E-state index contributed by atoms with van der Waals surface area (Å²) < 4.78 is 30.1. The third-order valence-corrected chi connectivity index (χ3v) is 6.37. The normalized spacial score (nSPS) is 12.5. The minimum atomic E-state index is -3.64. The molecule has 0 amide bonds. The zero-order chi connectivity index (χ0) is 20.0. The molecule has 0 heterocycles. The van der Waals surface area contributed by atoms with E-state index >= 15 is 0 Å². The van der Waals surface area contributed by atoms with Crippen LogP contribution in [0.25, 0.3) is 0 Å². The van der Waals surface area contributed by atoms with E-state index in [-0.39, 0.29) is 37.6 Å². The van der Waals surface area contributed by atoms with Crippen LogP contribution in [0.1, 0.15) is 98.4 Å². The summed E-state index contributed by atoms with van der Waals surface area (Å²) in [6, 6.07) is 7.29. The van der Waals surface area contributed by atoms with Gasteiger partial charge in [0.05, 0.1) is 11.5 Å². The molecular formula is C23H41NaO3S. The van der Waals surface area contributed by atoms with Gasteiger partial charge in [0, 0.05) is 0 Å². The minimum absolute atomic E-state index is 0. The van der Waals surface area contributed by atoms with Gasteiger partial charge in [-0.15, -0.1) is 0 Å². The average Bonchev–Trinajstić information content (AvgIpc) is 2.65. The molecule has 5 heteroatoms. The first-order valence-electron chi connectivity index (χ1n) is 11.0. The van der Waals surface area contributed by atoms with Crippen molar-refractivity contribution in [1.29, 1.82) is 0 Å². The molecule has 0 aliphatic heterocycles. The Morgan fingerprint density at radius 2 is 1.54 bits per heavy atom. The average molecular weight is 421 g/mol. The van der Waals surface area contributed by atoms with Gasteiger partial charge < -0.3 is 1.43 Å². The second-order valence-corrected chi connectivity index (χ2v) is 9.47. The zero-order valence-corrected chi connectivity index (χ0v) is 21.5. The van der Waals surface area contributed by atoms with E-state index in [0.717, 1.165) is 31.2 Å². The summed E-state index contributed by atoms with van der Waals surface area (Å²) in [5.41, 5.74) is 1.09. The van der Waals surface area contributed by atoms with Crippen molar-refractivity contribution in [1.82, 2.24) is 0 Å². The summed E-state index contributed by atoms with van der Waals surface area (Å²) in [6.45, 7) is 6.95. The molecule has 1 aromatic rings. The summed E-state index contributed by atoms with van der Waals surface area (Å²) in [5, 5.41) is 0. The molecule has 0 aliphatic carbocycles. The summed E-state index contributed by atoms with van der Waals surface area (Å²) in [5.74, 6) is 0.573. The van der Waals surface area contributed by atoms with E-state index in [1.807, 2.05) is 12.1 Å². The molecule has 28 heavy (non-hydrogen) atoms. The first-order valence-corrected chi connectivity index (χ1v) is 12.4. The molecular weight excluding hydrogens is 379 g/mol. The van der Waals surface area contributed by atoms with Crippen LogP contribution in [0.4, 0.5) is 0 Å². The van der Waals surface area contributed by atoms with Gasteiger partial charge in [0.25, 0.3) is 10.1 Å². The van der Waals surface area contributed by atoms with Crippen molar-refractivity contribution in [3.63, 3.8) is 0 Å². The summed E-state index contributed by atoms with van der Waals surface area (Å²) in [4.78, 5) is 0.296. The molecule has 0 bridgehead atoms. The van der Waals surface area contributed by atoms with E-state index in [1.165, 1.54) is 51.4 Å². The predicted octanol–water partition coefficient (Wildman–Crippen LogP) is 4.02. The molecule has 1 atom stereocenters. The van der Waals surface area contributed by atoms with Gasteiger partial charge in [-0.05, 0) is 36.5 Å². The maximum Gasteiger partial charge on any atom is 1.00 e. The Bertz CT molecular complexity index is 608. The molecule has 0 aliphatic rings. The topological polar surface area (TPSA) is 43.4 Å². The van der Waals surface area contributed by atoms with Crippen LogP contribution in [0.5, 0.6) is 0 Å². The molecule has 0 saturated heterocycles. The SMILES string of the molecule is CCCCCCCCOS(=O)(=O)c1cccc(CC(C)CCCCCC)c1.[H-].[Na+]. The largest absolute Gasteiger partial charge is 1.00 e. The van der Waals surface area contributed by atoms with Crippen molar-refractivity contribution in [2.24, 2.45) is 5.92 Å². The second kappa shape index (κ2) is 16.9. The molecule has 1 rings (SSSR count). The molecule has 3 nitrogen and oxygen atoms in total. The maximum atomic E-state index is 12.4. The Morgan fingerprint density at radius 1 is 0.929 bits per heavy atom. The zero-order valence-electron chi connectivity index (χ0n) is 19.7. The predicted molar refractivity (Wildman–Crippen MR) is 116 cm³/mol. The van der Waals surface area contributed by atoms with Crippen molar-refractivity contribution in [3.8, 4) is 0 Å². The van der Waals surface area contributed by atoms with Crippen molar-refractivity contribution >= 4 is 10.1 Å². The fourth-order valence-electron chi connectivity index (χ4n) is 3.37. The van der Waals surface area contributed by atoms with Crippen LogP contribution in [0.15, 0.2) is 29.2 Å². The molecule has 0 N–H and O–H groups in total. The quantitative estimate of drug-likeness (QED) is 0.230. The van der Waals surface area contributed by atoms with E-state index in [0.29, 0.717) is 10.8 Å². The number of rotatable bonds is 16. The Balaban J connectivity index is 0. The molecule has 0 aromatic heterocycles. The van der Waals surface area contributed by atoms with Crippen LogP contribution in [-0.4, -0.2) is 15.0 Å². The van der Waals surface area contributed by atoms with Crippen molar-refractivity contribution in [3.05, 3.63) is 29.8 Å². The summed E-state index contributed by atoms with van der Waals surface area (Å²) in [6.07, 6.45) is 13.9. The van der Waals surface area contributed by atoms with Gasteiger partial charge in [-0.3, -0.25) is 4.18 Å². The fraction of sp³-hybridized carbons (Fsp3) is 0.739. The van der Waals surface area contributed by atoms with E-state index in [2.05, 4.69) is 20.8 Å². The molecule has 0 radical (unpaired) electrons. The van der Waals surface area contributed by atoms with Crippen LogP contribution in [-0.2, 0) is 20.7 Å². The van der Waals surface area contributed by atoms with Crippen LogP contribution >= 0.6 is 0 Å². The van der Waals surface area contributed by atoms with Crippen molar-refractivity contribution in [2.75, 3.05) is 6.61 Å². The van der Waals surface area contributed by atoms with Gasteiger partial charge in [0.15, 0.2) is 0 Å². The molecule has 0 fully saturated rings. The molecule has 1 aromatic carbocycles. The summed E-state index contributed by atoms with van der Waals surface area (Å²) >= 11 is 0. The Hall–Kier alpha value is 0.130. The van der Waals surface area contributed by atoms with Crippen LogP contribution in [0.2, 0.25) is 0 Å². The number of hydrogen-bond donors (Lipinski definition) is 0. The maximum absolute atomic E-state index is 12.4. The number of benzene rings is 1. The van der Waals surface area contributed by atoms with E-state index < -0.39 is 10.1 Å². The number of unbranched alkanes of at least 4 members (excludes halogenated alkanes) is 8. The van der Waals surface area contributed by atoms with Crippen LogP contribution in [0, 0.1) is 5.92 Å². The second-order valence-electron chi connectivity index (χ2n) is 7.85. The van der Waals surface area contributed by atoms with E-state index in [1.54, 1.807) is 12.1 Å². The third-order valence-electron chi connectivity index (χ3n) is 5.06. The smallest absolute Gasteiger partial charge is 1.00 e. The van der Waals surface area contributed by atoms with Gasteiger partial charge >= 0.3 is 29.6 Å². The molecule has 158 valence electrons. The molecule has 0 saturated carbocycles. The van der Waals surface area contributed by atoms with Gasteiger partial charge in [-0.25, -0.2) is 0 Å². The van der Waals surface area contributed by atoms with Crippen molar-refractivity contribution in [2.45, 2.75) is 103 Å². The van der Waals surface area contributed by atoms with Gasteiger partial charge in [0.1, 0.15) is 0 Å². The Kier molecular flexibility index (Phi) is 17.0. The first-order chi connectivity index (χ1) is 13.0. The van der Waals surface area contributed by atoms with Crippen molar-refractivity contribution < 1.29 is 43.6 Å². The van der Waals surface area contributed by atoms with Gasteiger partial charge in [0.2, 0.25) is 0 Å². The number of hydrogen-bond acceptors (Lipinski definition) is 3. The minimum Gasteiger partial charge on any atom is -1.00 e. The Labute approximate surface area is 197 Å². The summed E-state index contributed by atoms with van der Waals surface area (Å²) in [7, 11) is -3.64. The standard InChI is InChI=1S/C23H40O3S.Na.H/c1-4-6-8-10-11-13-18-26-27(24,25)23-17-14-16-22(20-23)19-21(3)15-12-9-7-5-2;;/h14,16-17,20-21H,4-13,15,18-19H2,1-3H3;;/q;+1;-1.